The van der Waals surface area contributed by atoms with Crippen molar-refractivity contribution in [3.63, 3.8) is 0 Å². The Labute approximate surface area is 92.4 Å². The van der Waals surface area contributed by atoms with Crippen molar-refractivity contribution < 1.29 is 12.6 Å². The molecule has 2 N–H and O–H groups in total. The van der Waals surface area contributed by atoms with E-state index in [-0.39, 0.29) is 0 Å². The smallest absolute Gasteiger partial charge is 0.228 e. The zero-order chi connectivity index (χ0) is 10.9. The average molecular weight is 243 g/mol. The van der Waals surface area contributed by atoms with E-state index in [1.54, 1.807) is 12.1 Å². The first-order chi connectivity index (χ1) is 7.07. The number of hydrogen-bond donors (Lipinski definition) is 1. The number of nitrogens with two attached hydrogens (primary N) is 1. The lowest BCUT2D eigenvalue weighted by Gasteiger charge is -2.07. The van der Waals surface area contributed by atoms with Crippen LogP contribution in [0.3, 0.4) is 0 Å². The summed E-state index contributed by atoms with van der Waals surface area (Å²) in [7, 11) is -3.62. The Hall–Kier alpha value is -0.980. The van der Waals surface area contributed by atoms with Crippen LogP contribution in [-0.4, -0.2) is 13.0 Å². The fraction of sp³-hybridized carbons (Fsp3) is 0.111. The van der Waals surface area contributed by atoms with E-state index >= 15 is 0 Å². The second kappa shape index (κ2) is 3.88. The van der Waals surface area contributed by atoms with E-state index < -0.39 is 14.6 Å². The van der Waals surface area contributed by atoms with Gasteiger partial charge in [0.2, 0.25) is 10.0 Å². The van der Waals surface area contributed by atoms with E-state index in [0.717, 1.165) is 17.6 Å². The lowest BCUT2D eigenvalue weighted by atomic mass is 10.2. The highest BCUT2D eigenvalue weighted by molar-refractivity contribution is 8.10. The zero-order valence-electron chi connectivity index (χ0n) is 7.66. The molecule has 1 aliphatic rings. The summed E-state index contributed by atoms with van der Waals surface area (Å²) in [6.45, 7) is 0. The number of sulfonamides is 1. The molecule has 2 rings (SSSR count). The van der Waals surface area contributed by atoms with Crippen molar-refractivity contribution in [2.45, 2.75) is 4.58 Å². The van der Waals surface area contributed by atoms with Gasteiger partial charge in [0.15, 0.2) is 4.58 Å². The maximum atomic E-state index is 11.1. The maximum absolute atomic E-state index is 11.1. The third-order valence-corrected chi connectivity index (χ3v) is 4.38. The molecule has 0 spiro atoms. The molecule has 0 amide bonds. The first-order valence-electron chi connectivity index (χ1n) is 4.19. The van der Waals surface area contributed by atoms with E-state index in [1.807, 2.05) is 18.2 Å². The fourth-order valence-electron chi connectivity index (χ4n) is 1.17. The minimum absolute atomic E-state index is 0.643. The average Bonchev–Trinajstić information content (AvgIpc) is 2.38. The zero-order valence-corrected chi connectivity index (χ0v) is 9.29. The quantitative estimate of drug-likeness (QED) is 0.756. The minimum Gasteiger partial charge on any atom is -0.423 e. The SMILES string of the molecule is NS(=O)(=O)C1C=Cc2ccccc2OS1. The van der Waals surface area contributed by atoms with Crippen molar-refractivity contribution in [1.29, 1.82) is 0 Å². The topological polar surface area (TPSA) is 69.4 Å². The number of rotatable bonds is 1. The van der Waals surface area contributed by atoms with Gasteiger partial charge in [0.1, 0.15) is 5.75 Å². The van der Waals surface area contributed by atoms with Gasteiger partial charge in [0, 0.05) is 5.56 Å². The van der Waals surface area contributed by atoms with Gasteiger partial charge in [-0.15, -0.1) is 0 Å². The number of benzene rings is 1. The van der Waals surface area contributed by atoms with Crippen LogP contribution in [0.4, 0.5) is 0 Å². The third kappa shape index (κ3) is 2.34. The van der Waals surface area contributed by atoms with Gasteiger partial charge in [-0.05, 0) is 6.07 Å². The summed E-state index contributed by atoms with van der Waals surface area (Å²) < 4.78 is 26.7. The molecule has 80 valence electrons. The molecule has 1 heterocycles. The van der Waals surface area contributed by atoms with Crippen LogP contribution in [0.25, 0.3) is 6.08 Å². The lowest BCUT2D eigenvalue weighted by Crippen LogP contribution is -2.24. The molecule has 0 radical (unpaired) electrons. The molecule has 1 aliphatic heterocycles. The summed E-state index contributed by atoms with van der Waals surface area (Å²) in [4.78, 5) is 0. The second-order valence-electron chi connectivity index (χ2n) is 3.03. The van der Waals surface area contributed by atoms with E-state index in [2.05, 4.69) is 0 Å². The Bertz CT molecular complexity index is 496. The van der Waals surface area contributed by atoms with Crippen LogP contribution >= 0.6 is 12.0 Å². The van der Waals surface area contributed by atoms with Gasteiger partial charge in [-0.3, -0.25) is 0 Å². The van der Waals surface area contributed by atoms with Crippen LogP contribution in [0.1, 0.15) is 5.56 Å². The Morgan fingerprint density at radius 3 is 2.80 bits per heavy atom. The van der Waals surface area contributed by atoms with Crippen molar-refractivity contribution in [3.8, 4) is 5.75 Å². The monoisotopic (exact) mass is 243 g/mol. The highest BCUT2D eigenvalue weighted by Crippen LogP contribution is 2.30. The largest absolute Gasteiger partial charge is 0.423 e. The standard InChI is InChI=1S/C9H9NO3S2/c10-15(11,12)9-6-5-7-3-1-2-4-8(7)13-14-9/h1-6,9H,(H2,10,11,12). The summed E-state index contributed by atoms with van der Waals surface area (Å²) in [5, 5.41) is 5.03. The van der Waals surface area contributed by atoms with Gasteiger partial charge in [-0.2, -0.15) is 0 Å². The molecule has 0 saturated heterocycles. The Morgan fingerprint density at radius 2 is 2.07 bits per heavy atom. The van der Waals surface area contributed by atoms with Crippen LogP contribution in [0.15, 0.2) is 30.3 Å². The number of para-hydroxylation sites is 1. The van der Waals surface area contributed by atoms with E-state index in [4.69, 9.17) is 9.32 Å². The van der Waals surface area contributed by atoms with Gasteiger partial charge in [-0.25, -0.2) is 13.6 Å². The molecule has 1 unspecified atom stereocenters. The number of primary sulfonamides is 1. The molecule has 4 nitrogen and oxygen atoms in total. The van der Waals surface area contributed by atoms with Crippen molar-refractivity contribution in [1.82, 2.24) is 0 Å². The van der Waals surface area contributed by atoms with Crippen LogP contribution < -0.4 is 9.32 Å². The van der Waals surface area contributed by atoms with Gasteiger partial charge in [0.25, 0.3) is 0 Å². The number of fused-ring (bicyclic) bond motifs is 1. The van der Waals surface area contributed by atoms with Gasteiger partial charge >= 0.3 is 0 Å². The van der Waals surface area contributed by atoms with E-state index in [0.29, 0.717) is 5.75 Å². The van der Waals surface area contributed by atoms with E-state index in [1.165, 1.54) is 6.08 Å². The first kappa shape index (κ1) is 10.5. The molecule has 1 atom stereocenters. The Morgan fingerprint density at radius 1 is 1.33 bits per heavy atom. The third-order valence-electron chi connectivity index (χ3n) is 1.91. The molecule has 6 heteroatoms. The normalized spacial score (nSPS) is 20.2. The molecule has 0 aromatic heterocycles. The van der Waals surface area contributed by atoms with Crippen LogP contribution in [0.5, 0.6) is 5.75 Å². The summed E-state index contributed by atoms with van der Waals surface area (Å²) in [5.41, 5.74) is 0.844. The predicted octanol–water partition coefficient (Wildman–Crippen LogP) is 1.36. The van der Waals surface area contributed by atoms with Gasteiger partial charge in [-0.1, -0.05) is 30.4 Å². The van der Waals surface area contributed by atoms with Crippen LogP contribution in [0, 0.1) is 0 Å². The van der Waals surface area contributed by atoms with Gasteiger partial charge < -0.3 is 4.18 Å². The highest BCUT2D eigenvalue weighted by atomic mass is 32.3. The van der Waals surface area contributed by atoms with Crippen molar-refractivity contribution >= 4 is 28.1 Å². The summed E-state index contributed by atoms with van der Waals surface area (Å²) in [5.74, 6) is 0.643. The van der Waals surface area contributed by atoms with Crippen molar-refractivity contribution in [2.24, 2.45) is 5.14 Å². The molecule has 15 heavy (non-hydrogen) atoms. The van der Waals surface area contributed by atoms with Gasteiger partial charge in [0.05, 0.1) is 12.0 Å². The summed E-state index contributed by atoms with van der Waals surface area (Å²) >= 11 is 0.834. The Balaban J connectivity index is 2.34. The molecular formula is C9H9NO3S2. The van der Waals surface area contributed by atoms with Crippen molar-refractivity contribution in [3.05, 3.63) is 35.9 Å². The highest BCUT2D eigenvalue weighted by Gasteiger charge is 2.23. The molecule has 1 aromatic rings. The first-order valence-corrected chi connectivity index (χ1v) is 6.61. The fourth-order valence-corrected chi connectivity index (χ4v) is 2.52. The maximum Gasteiger partial charge on any atom is 0.228 e. The molecule has 0 aliphatic carbocycles. The van der Waals surface area contributed by atoms with Crippen LogP contribution in [0.2, 0.25) is 0 Å². The minimum atomic E-state index is -3.62. The molecule has 0 bridgehead atoms. The van der Waals surface area contributed by atoms with Crippen LogP contribution in [-0.2, 0) is 10.0 Å². The number of hydrogen-bond acceptors (Lipinski definition) is 4. The van der Waals surface area contributed by atoms with Crippen molar-refractivity contribution in [2.75, 3.05) is 0 Å². The summed E-state index contributed by atoms with van der Waals surface area (Å²) in [6, 6.07) is 7.30. The predicted molar refractivity (Wildman–Crippen MR) is 60.6 cm³/mol. The molecular weight excluding hydrogens is 234 g/mol. The van der Waals surface area contributed by atoms with E-state index in [9.17, 15) is 8.42 Å². The molecule has 1 aromatic carbocycles. The second-order valence-corrected chi connectivity index (χ2v) is 5.89. The Kier molecular flexibility index (Phi) is 2.72. The molecule has 0 saturated carbocycles. The lowest BCUT2D eigenvalue weighted by molar-refractivity contribution is 0.596. The molecule has 0 fully saturated rings. The summed E-state index contributed by atoms with van der Waals surface area (Å²) in [6.07, 6.45) is 3.22.